The van der Waals surface area contributed by atoms with Crippen molar-refractivity contribution in [1.29, 1.82) is 0 Å². The van der Waals surface area contributed by atoms with Crippen LogP contribution in [0, 0.1) is 16.0 Å². The summed E-state index contributed by atoms with van der Waals surface area (Å²) in [4.78, 5) is 12.7. The molecule has 0 aromatic heterocycles. The third-order valence-corrected chi connectivity index (χ3v) is 3.58. The van der Waals surface area contributed by atoms with Crippen molar-refractivity contribution in [2.75, 3.05) is 25.1 Å². The van der Waals surface area contributed by atoms with Gasteiger partial charge < -0.3 is 14.7 Å². The summed E-state index contributed by atoms with van der Waals surface area (Å²) in [6.45, 7) is 3.16. The Balaban J connectivity index is 2.34. The summed E-state index contributed by atoms with van der Waals surface area (Å²) in [5.41, 5.74) is 0.632. The van der Waals surface area contributed by atoms with Crippen molar-refractivity contribution >= 4 is 11.4 Å². The van der Waals surface area contributed by atoms with Crippen molar-refractivity contribution in [3.8, 4) is 5.75 Å². The van der Waals surface area contributed by atoms with E-state index in [0.29, 0.717) is 30.9 Å². The van der Waals surface area contributed by atoms with Crippen LogP contribution in [0.2, 0.25) is 0 Å². The number of nitrogens with zero attached hydrogens (tertiary/aromatic N) is 2. The third kappa shape index (κ3) is 2.78. The second-order valence-electron chi connectivity index (χ2n) is 4.89. The Bertz CT molecular complexity index is 478. The Morgan fingerprint density at radius 1 is 1.53 bits per heavy atom. The highest BCUT2D eigenvalue weighted by Crippen LogP contribution is 2.34. The molecule has 6 nitrogen and oxygen atoms in total. The minimum atomic E-state index is -0.384. The van der Waals surface area contributed by atoms with Crippen LogP contribution in [0.3, 0.4) is 0 Å². The smallest absolute Gasteiger partial charge is 0.292 e. The lowest BCUT2D eigenvalue weighted by molar-refractivity contribution is -0.384. The van der Waals surface area contributed by atoms with Crippen molar-refractivity contribution in [1.82, 2.24) is 0 Å². The van der Waals surface area contributed by atoms with Crippen LogP contribution in [0.4, 0.5) is 11.4 Å². The maximum atomic E-state index is 11.1. The van der Waals surface area contributed by atoms with Gasteiger partial charge in [0.15, 0.2) is 0 Å². The predicted octanol–water partition coefficient (Wildman–Crippen LogP) is 1.81. The number of aliphatic hydroxyl groups is 1. The Morgan fingerprint density at radius 3 is 2.84 bits per heavy atom. The molecule has 1 aliphatic rings. The van der Waals surface area contributed by atoms with Gasteiger partial charge >= 0.3 is 0 Å². The summed E-state index contributed by atoms with van der Waals surface area (Å²) in [5, 5.41) is 20.8. The maximum absolute atomic E-state index is 11.1. The maximum Gasteiger partial charge on any atom is 0.292 e. The summed E-state index contributed by atoms with van der Waals surface area (Å²) in [6.07, 6.45) is 0.288. The SMILES string of the molecule is COc1ccc([N+](=O)[O-])c(N2CCC(O)C(C)C2)c1. The van der Waals surface area contributed by atoms with E-state index in [-0.39, 0.29) is 22.6 Å². The number of methoxy groups -OCH3 is 1. The number of aliphatic hydroxyl groups excluding tert-OH is 1. The molecule has 1 aromatic carbocycles. The standard InChI is InChI=1S/C13H18N2O4/c1-9-8-14(6-5-13(9)16)12-7-10(19-2)3-4-11(12)15(17)18/h3-4,7,9,13,16H,5-6,8H2,1-2H3. The molecule has 1 fully saturated rings. The molecule has 1 heterocycles. The molecular weight excluding hydrogens is 248 g/mol. The van der Waals surface area contributed by atoms with Crippen molar-refractivity contribution in [2.24, 2.45) is 5.92 Å². The molecule has 19 heavy (non-hydrogen) atoms. The monoisotopic (exact) mass is 266 g/mol. The molecule has 0 bridgehead atoms. The van der Waals surface area contributed by atoms with E-state index in [1.165, 1.54) is 13.2 Å². The molecule has 2 rings (SSSR count). The molecule has 0 aliphatic carbocycles. The van der Waals surface area contributed by atoms with E-state index in [9.17, 15) is 15.2 Å². The van der Waals surface area contributed by atoms with Crippen LogP contribution < -0.4 is 9.64 Å². The fraction of sp³-hybridized carbons (Fsp3) is 0.538. The lowest BCUT2D eigenvalue weighted by atomic mass is 9.96. The zero-order valence-corrected chi connectivity index (χ0v) is 11.1. The first-order chi connectivity index (χ1) is 9.02. The Kier molecular flexibility index (Phi) is 3.90. The van der Waals surface area contributed by atoms with Gasteiger partial charge in [-0.25, -0.2) is 0 Å². The van der Waals surface area contributed by atoms with Crippen molar-refractivity contribution in [2.45, 2.75) is 19.4 Å². The molecule has 1 aliphatic heterocycles. The number of rotatable bonds is 3. The van der Waals surface area contributed by atoms with Gasteiger partial charge in [0.1, 0.15) is 11.4 Å². The van der Waals surface area contributed by atoms with Crippen LogP contribution in [-0.4, -0.2) is 36.3 Å². The summed E-state index contributed by atoms with van der Waals surface area (Å²) in [7, 11) is 1.54. The molecular formula is C13H18N2O4. The molecule has 6 heteroatoms. The average Bonchev–Trinajstić information content (AvgIpc) is 2.41. The van der Waals surface area contributed by atoms with Crippen LogP contribution in [0.25, 0.3) is 0 Å². The number of hydrogen-bond acceptors (Lipinski definition) is 5. The normalized spacial score (nSPS) is 23.2. The Labute approximate surface area is 111 Å². The van der Waals surface area contributed by atoms with Crippen molar-refractivity contribution < 1.29 is 14.8 Å². The molecule has 1 saturated heterocycles. The fourth-order valence-electron chi connectivity index (χ4n) is 2.39. The molecule has 0 spiro atoms. The van der Waals surface area contributed by atoms with Crippen LogP contribution >= 0.6 is 0 Å². The molecule has 1 aromatic rings. The average molecular weight is 266 g/mol. The van der Waals surface area contributed by atoms with E-state index in [4.69, 9.17) is 4.74 Å². The highest BCUT2D eigenvalue weighted by Gasteiger charge is 2.28. The van der Waals surface area contributed by atoms with E-state index in [1.54, 1.807) is 12.1 Å². The van der Waals surface area contributed by atoms with Gasteiger partial charge in [0.05, 0.1) is 18.1 Å². The Morgan fingerprint density at radius 2 is 2.26 bits per heavy atom. The van der Waals surface area contributed by atoms with Gasteiger partial charge in [-0.3, -0.25) is 10.1 Å². The first kappa shape index (κ1) is 13.6. The van der Waals surface area contributed by atoms with E-state index in [1.807, 2.05) is 11.8 Å². The van der Waals surface area contributed by atoms with Gasteiger partial charge in [-0.15, -0.1) is 0 Å². The molecule has 0 radical (unpaired) electrons. The summed E-state index contributed by atoms with van der Waals surface area (Å²) < 4.78 is 5.13. The lowest BCUT2D eigenvalue weighted by Gasteiger charge is -2.35. The van der Waals surface area contributed by atoms with Crippen LogP contribution in [0.5, 0.6) is 5.75 Å². The zero-order valence-electron chi connectivity index (χ0n) is 11.1. The lowest BCUT2D eigenvalue weighted by Crippen LogP contribution is -2.42. The van der Waals surface area contributed by atoms with Gasteiger partial charge in [0.2, 0.25) is 0 Å². The molecule has 1 N–H and O–H groups in total. The first-order valence-electron chi connectivity index (χ1n) is 6.28. The molecule has 2 unspecified atom stereocenters. The van der Waals surface area contributed by atoms with Crippen LogP contribution in [0.15, 0.2) is 18.2 Å². The van der Waals surface area contributed by atoms with E-state index >= 15 is 0 Å². The highest BCUT2D eigenvalue weighted by molar-refractivity contribution is 5.66. The molecule has 2 atom stereocenters. The molecule has 0 saturated carbocycles. The minimum Gasteiger partial charge on any atom is -0.497 e. The number of anilines is 1. The summed E-state index contributed by atoms with van der Waals surface area (Å²) in [6, 6.07) is 4.73. The van der Waals surface area contributed by atoms with E-state index in [2.05, 4.69) is 0 Å². The van der Waals surface area contributed by atoms with Gasteiger partial charge in [0, 0.05) is 25.2 Å². The number of hydrogen-bond donors (Lipinski definition) is 1. The number of benzene rings is 1. The number of ether oxygens (including phenoxy) is 1. The minimum absolute atomic E-state index is 0.0735. The van der Waals surface area contributed by atoms with Crippen molar-refractivity contribution in [3.05, 3.63) is 28.3 Å². The number of nitro groups is 1. The summed E-state index contributed by atoms with van der Waals surface area (Å²) in [5.74, 6) is 0.693. The van der Waals surface area contributed by atoms with Crippen LogP contribution in [0.1, 0.15) is 13.3 Å². The first-order valence-corrected chi connectivity index (χ1v) is 6.28. The van der Waals surface area contributed by atoms with Gasteiger partial charge in [-0.2, -0.15) is 0 Å². The second-order valence-corrected chi connectivity index (χ2v) is 4.89. The van der Waals surface area contributed by atoms with E-state index < -0.39 is 0 Å². The van der Waals surface area contributed by atoms with Gasteiger partial charge in [-0.05, 0) is 18.4 Å². The largest absolute Gasteiger partial charge is 0.497 e. The highest BCUT2D eigenvalue weighted by atomic mass is 16.6. The van der Waals surface area contributed by atoms with Crippen molar-refractivity contribution in [3.63, 3.8) is 0 Å². The van der Waals surface area contributed by atoms with E-state index in [0.717, 1.165) is 0 Å². The van der Waals surface area contributed by atoms with Gasteiger partial charge in [0.25, 0.3) is 5.69 Å². The molecule has 0 amide bonds. The van der Waals surface area contributed by atoms with Gasteiger partial charge in [-0.1, -0.05) is 6.92 Å². The molecule has 104 valence electrons. The van der Waals surface area contributed by atoms with Crippen LogP contribution in [-0.2, 0) is 0 Å². The number of piperidine rings is 1. The summed E-state index contributed by atoms with van der Waals surface area (Å²) >= 11 is 0. The zero-order chi connectivity index (χ0) is 14.0. The predicted molar refractivity (Wildman–Crippen MR) is 71.6 cm³/mol. The fourth-order valence-corrected chi connectivity index (χ4v) is 2.39. The quantitative estimate of drug-likeness (QED) is 0.667. The topological polar surface area (TPSA) is 75.8 Å². The second kappa shape index (κ2) is 5.44. The Hall–Kier alpha value is -1.82. The number of nitro benzene ring substituents is 1. The third-order valence-electron chi connectivity index (χ3n) is 3.58.